The van der Waals surface area contributed by atoms with Gasteiger partial charge in [-0.3, -0.25) is 4.79 Å². The molecule has 0 radical (unpaired) electrons. The molecule has 3 rings (SSSR count). The van der Waals surface area contributed by atoms with E-state index >= 15 is 0 Å². The molecule has 148 valence electrons. The standard InChI is InChI=1S/C19H19F2N3O3S/c1-2-3-11-24(28(26,27)18-14(20)8-6-9-15(18)21)12-17-22-16-10-5-4-7-13(16)19(25)23-17/h4-10H,2-3,11-12H2,1H3,(H,22,23,25). The van der Waals surface area contributed by atoms with Gasteiger partial charge in [0, 0.05) is 6.54 Å². The van der Waals surface area contributed by atoms with Gasteiger partial charge in [-0.15, -0.1) is 0 Å². The molecule has 3 aromatic rings. The normalized spacial score (nSPS) is 12.0. The van der Waals surface area contributed by atoms with Gasteiger partial charge in [0.1, 0.15) is 17.5 Å². The smallest absolute Gasteiger partial charge is 0.258 e. The van der Waals surface area contributed by atoms with E-state index in [4.69, 9.17) is 0 Å². The molecule has 1 heterocycles. The Kier molecular flexibility index (Phi) is 5.85. The minimum absolute atomic E-state index is 0.0309. The van der Waals surface area contributed by atoms with Crippen molar-refractivity contribution in [2.24, 2.45) is 0 Å². The number of hydrogen-bond acceptors (Lipinski definition) is 4. The molecule has 0 unspecified atom stereocenters. The van der Waals surface area contributed by atoms with Crippen LogP contribution in [0.3, 0.4) is 0 Å². The zero-order chi connectivity index (χ0) is 20.3. The topological polar surface area (TPSA) is 83.1 Å². The average Bonchev–Trinajstić information content (AvgIpc) is 2.64. The SMILES string of the molecule is CCCCN(Cc1nc2ccccc2c(=O)[nH]1)S(=O)(=O)c1c(F)cccc1F. The zero-order valence-electron chi connectivity index (χ0n) is 15.2. The third-order valence-electron chi connectivity index (χ3n) is 4.27. The van der Waals surface area contributed by atoms with Gasteiger partial charge in [0.25, 0.3) is 5.56 Å². The highest BCUT2D eigenvalue weighted by atomic mass is 32.2. The number of para-hydroxylation sites is 1. The molecule has 0 amide bonds. The minimum atomic E-state index is -4.48. The van der Waals surface area contributed by atoms with Crippen molar-refractivity contribution >= 4 is 20.9 Å². The van der Waals surface area contributed by atoms with Crippen LogP contribution in [0.1, 0.15) is 25.6 Å². The minimum Gasteiger partial charge on any atom is -0.309 e. The van der Waals surface area contributed by atoms with E-state index < -0.39 is 32.1 Å². The lowest BCUT2D eigenvalue weighted by Crippen LogP contribution is -2.34. The molecule has 0 aliphatic carbocycles. The molecule has 0 aliphatic heterocycles. The molecule has 0 atom stereocenters. The number of benzene rings is 2. The van der Waals surface area contributed by atoms with Crippen LogP contribution < -0.4 is 5.56 Å². The average molecular weight is 407 g/mol. The van der Waals surface area contributed by atoms with Crippen molar-refractivity contribution in [2.75, 3.05) is 6.54 Å². The van der Waals surface area contributed by atoms with Crippen LogP contribution >= 0.6 is 0 Å². The number of sulfonamides is 1. The second-order valence-electron chi connectivity index (χ2n) is 6.27. The van der Waals surface area contributed by atoms with E-state index in [2.05, 4.69) is 9.97 Å². The molecule has 0 fully saturated rings. The number of nitrogens with one attached hydrogen (secondary N) is 1. The summed E-state index contributed by atoms with van der Waals surface area (Å²) >= 11 is 0. The molecular formula is C19H19F2N3O3S. The maximum atomic E-state index is 14.1. The molecule has 0 aliphatic rings. The van der Waals surface area contributed by atoms with Crippen LogP contribution in [0.4, 0.5) is 8.78 Å². The van der Waals surface area contributed by atoms with Crippen molar-refractivity contribution < 1.29 is 17.2 Å². The quantitative estimate of drug-likeness (QED) is 0.652. The molecule has 0 bridgehead atoms. The van der Waals surface area contributed by atoms with Gasteiger partial charge in [0.05, 0.1) is 17.4 Å². The predicted molar refractivity (Wildman–Crippen MR) is 101 cm³/mol. The Labute approximate surface area is 160 Å². The van der Waals surface area contributed by atoms with Crippen molar-refractivity contribution in [2.45, 2.75) is 31.2 Å². The Morgan fingerprint density at radius 3 is 2.43 bits per heavy atom. The first-order valence-corrected chi connectivity index (χ1v) is 10.2. The number of aromatic nitrogens is 2. The number of nitrogens with zero attached hydrogens (tertiary/aromatic N) is 2. The van der Waals surface area contributed by atoms with E-state index in [-0.39, 0.29) is 18.9 Å². The lowest BCUT2D eigenvalue weighted by Gasteiger charge is -2.22. The van der Waals surface area contributed by atoms with Crippen molar-refractivity contribution in [3.63, 3.8) is 0 Å². The van der Waals surface area contributed by atoms with Crippen LogP contribution in [0, 0.1) is 11.6 Å². The summed E-state index contributed by atoms with van der Waals surface area (Å²) in [7, 11) is -4.48. The van der Waals surface area contributed by atoms with Crippen molar-refractivity contribution in [1.29, 1.82) is 0 Å². The summed E-state index contributed by atoms with van der Waals surface area (Å²) in [5, 5.41) is 0.370. The molecule has 0 saturated heterocycles. The summed E-state index contributed by atoms with van der Waals surface area (Å²) in [5.74, 6) is -2.23. The highest BCUT2D eigenvalue weighted by molar-refractivity contribution is 7.89. The van der Waals surface area contributed by atoms with Gasteiger partial charge in [-0.05, 0) is 30.7 Å². The van der Waals surface area contributed by atoms with Crippen LogP contribution in [-0.4, -0.2) is 29.2 Å². The highest BCUT2D eigenvalue weighted by Gasteiger charge is 2.31. The number of hydrogen-bond donors (Lipinski definition) is 1. The van der Waals surface area contributed by atoms with Crippen molar-refractivity contribution in [1.82, 2.24) is 14.3 Å². The number of fused-ring (bicyclic) bond motifs is 1. The summed E-state index contributed by atoms with van der Waals surface area (Å²) in [4.78, 5) is 18.1. The van der Waals surface area contributed by atoms with Crippen LogP contribution in [0.15, 0.2) is 52.2 Å². The largest absolute Gasteiger partial charge is 0.309 e. The van der Waals surface area contributed by atoms with Gasteiger partial charge >= 0.3 is 0 Å². The first kappa shape index (κ1) is 20.1. The maximum absolute atomic E-state index is 14.1. The molecule has 1 aromatic heterocycles. The number of unbranched alkanes of at least 4 members (excludes halogenated alkanes) is 1. The third-order valence-corrected chi connectivity index (χ3v) is 6.16. The summed E-state index contributed by atoms with van der Waals surface area (Å²) in [6.45, 7) is 1.59. The summed E-state index contributed by atoms with van der Waals surface area (Å²) < 4.78 is 55.1. The van der Waals surface area contributed by atoms with Crippen molar-refractivity contribution in [3.8, 4) is 0 Å². The monoisotopic (exact) mass is 407 g/mol. The molecule has 0 saturated carbocycles. The molecule has 9 heteroatoms. The van der Waals surface area contributed by atoms with Gasteiger partial charge in [-0.25, -0.2) is 22.2 Å². The van der Waals surface area contributed by atoms with E-state index in [9.17, 15) is 22.0 Å². The lowest BCUT2D eigenvalue weighted by atomic mass is 10.2. The highest BCUT2D eigenvalue weighted by Crippen LogP contribution is 2.24. The van der Waals surface area contributed by atoms with Crippen LogP contribution in [0.2, 0.25) is 0 Å². The van der Waals surface area contributed by atoms with E-state index in [0.29, 0.717) is 23.7 Å². The summed E-state index contributed by atoms with van der Waals surface area (Å²) in [6, 6.07) is 9.52. The molecule has 0 spiro atoms. The maximum Gasteiger partial charge on any atom is 0.258 e. The lowest BCUT2D eigenvalue weighted by molar-refractivity contribution is 0.382. The Morgan fingerprint density at radius 2 is 1.75 bits per heavy atom. The van der Waals surface area contributed by atoms with Gasteiger partial charge in [-0.1, -0.05) is 31.5 Å². The van der Waals surface area contributed by atoms with E-state index in [0.717, 1.165) is 22.5 Å². The van der Waals surface area contributed by atoms with Crippen molar-refractivity contribution in [3.05, 3.63) is 70.3 Å². The van der Waals surface area contributed by atoms with Gasteiger partial charge in [0.15, 0.2) is 4.90 Å². The number of H-pyrrole nitrogens is 1. The first-order chi connectivity index (χ1) is 13.3. The molecule has 28 heavy (non-hydrogen) atoms. The second kappa shape index (κ2) is 8.15. The fourth-order valence-electron chi connectivity index (χ4n) is 2.85. The fourth-order valence-corrected chi connectivity index (χ4v) is 4.40. The number of halogens is 2. The third kappa shape index (κ3) is 3.95. The van der Waals surface area contributed by atoms with Crippen LogP contribution in [-0.2, 0) is 16.6 Å². The fraction of sp³-hybridized carbons (Fsp3) is 0.263. The number of rotatable bonds is 7. The Bertz CT molecular complexity index is 1140. The molecule has 2 aromatic carbocycles. The number of aromatic amines is 1. The van der Waals surface area contributed by atoms with Crippen LogP contribution in [0.5, 0.6) is 0 Å². The van der Waals surface area contributed by atoms with E-state index in [1.54, 1.807) is 24.3 Å². The Balaban J connectivity index is 2.05. The van der Waals surface area contributed by atoms with Gasteiger partial charge in [0.2, 0.25) is 10.0 Å². The first-order valence-electron chi connectivity index (χ1n) is 8.76. The molecule has 6 nitrogen and oxygen atoms in total. The summed E-state index contributed by atoms with van der Waals surface area (Å²) in [6.07, 6.45) is 1.15. The van der Waals surface area contributed by atoms with E-state index in [1.807, 2.05) is 6.92 Å². The zero-order valence-corrected chi connectivity index (χ0v) is 16.0. The van der Waals surface area contributed by atoms with Gasteiger partial charge in [-0.2, -0.15) is 4.31 Å². The predicted octanol–water partition coefficient (Wildman–Crippen LogP) is 3.19. The molecular weight excluding hydrogens is 388 g/mol. The van der Waals surface area contributed by atoms with Gasteiger partial charge < -0.3 is 4.98 Å². The molecule has 1 N–H and O–H groups in total. The second-order valence-corrected chi connectivity index (χ2v) is 8.15. The van der Waals surface area contributed by atoms with E-state index in [1.165, 1.54) is 0 Å². The Hall–Kier alpha value is -2.65. The van der Waals surface area contributed by atoms with Crippen LogP contribution in [0.25, 0.3) is 10.9 Å². The summed E-state index contributed by atoms with van der Waals surface area (Å²) in [5.41, 5.74) is -0.00308. The Morgan fingerprint density at radius 1 is 1.07 bits per heavy atom.